The van der Waals surface area contributed by atoms with E-state index in [9.17, 15) is 4.79 Å². The molecule has 0 bridgehead atoms. The maximum Gasteiger partial charge on any atom is 0.234 e. The topological polar surface area (TPSA) is 81.1 Å². The summed E-state index contributed by atoms with van der Waals surface area (Å²) in [6, 6.07) is 9.67. The number of hydrogen-bond donors (Lipinski definition) is 3. The Hall–Kier alpha value is -1.39. The number of benzene rings is 1. The highest BCUT2D eigenvalue weighted by atomic mass is 16.1. The Balaban J connectivity index is 2.76. The Labute approximate surface area is 109 Å². The molecule has 1 rings (SSSR count). The van der Waals surface area contributed by atoms with Gasteiger partial charge in [0.1, 0.15) is 0 Å². The minimum absolute atomic E-state index is 0.296. The molecule has 0 fully saturated rings. The van der Waals surface area contributed by atoms with Crippen LogP contribution in [0.15, 0.2) is 30.3 Å². The number of primary amides is 1. The second-order valence-electron chi connectivity index (χ2n) is 5.02. The lowest BCUT2D eigenvalue weighted by Crippen LogP contribution is -2.50. The van der Waals surface area contributed by atoms with Crippen LogP contribution < -0.4 is 16.8 Å². The molecule has 0 heterocycles. The Bertz CT molecular complexity index is 376. The fraction of sp³-hybridized carbons (Fsp3) is 0.500. The Morgan fingerprint density at radius 1 is 1.33 bits per heavy atom. The largest absolute Gasteiger partial charge is 0.368 e. The van der Waals surface area contributed by atoms with Crippen LogP contribution in [0.5, 0.6) is 0 Å². The van der Waals surface area contributed by atoms with Crippen molar-refractivity contribution in [3.63, 3.8) is 0 Å². The van der Waals surface area contributed by atoms with E-state index in [4.69, 9.17) is 11.5 Å². The van der Waals surface area contributed by atoms with E-state index < -0.39 is 0 Å². The van der Waals surface area contributed by atoms with Crippen LogP contribution in [0.25, 0.3) is 0 Å². The summed E-state index contributed by atoms with van der Waals surface area (Å²) in [6.45, 7) is 4.65. The fourth-order valence-electron chi connectivity index (χ4n) is 1.98. The minimum Gasteiger partial charge on any atom is -0.368 e. The summed E-state index contributed by atoms with van der Waals surface area (Å²) in [7, 11) is 0. The average molecular weight is 249 g/mol. The van der Waals surface area contributed by atoms with Gasteiger partial charge in [0.2, 0.25) is 5.91 Å². The smallest absolute Gasteiger partial charge is 0.234 e. The van der Waals surface area contributed by atoms with Crippen molar-refractivity contribution in [2.75, 3.05) is 6.54 Å². The second-order valence-corrected chi connectivity index (χ2v) is 5.02. The lowest BCUT2D eigenvalue weighted by Gasteiger charge is -2.31. The first kappa shape index (κ1) is 14.7. The lowest BCUT2D eigenvalue weighted by atomic mass is 9.92. The highest BCUT2D eigenvalue weighted by molar-refractivity contribution is 5.79. The predicted octanol–water partition coefficient (Wildman–Crippen LogP) is 1.10. The van der Waals surface area contributed by atoms with E-state index in [1.165, 1.54) is 0 Å². The normalized spacial score (nSPS) is 13.3. The van der Waals surface area contributed by atoms with Crippen molar-refractivity contribution in [2.45, 2.75) is 38.3 Å². The third-order valence-corrected chi connectivity index (χ3v) is 3.07. The Kier molecular flexibility index (Phi) is 5.31. The summed E-state index contributed by atoms with van der Waals surface area (Å²) in [5, 5.41) is 3.31. The van der Waals surface area contributed by atoms with Gasteiger partial charge in [-0.2, -0.15) is 0 Å². The number of carbonyl (C=O) groups is 1. The standard InChI is InChI=1S/C14H23N3O/c1-14(2,11-7-4-3-5-8-11)17-12(13(16)18)9-6-10-15/h3-5,7-8,12,17H,6,9-10,15H2,1-2H3,(H2,16,18). The van der Waals surface area contributed by atoms with E-state index in [2.05, 4.69) is 5.32 Å². The monoisotopic (exact) mass is 249 g/mol. The van der Waals surface area contributed by atoms with Crippen molar-refractivity contribution in [3.05, 3.63) is 35.9 Å². The van der Waals surface area contributed by atoms with Crippen molar-refractivity contribution in [1.82, 2.24) is 5.32 Å². The van der Waals surface area contributed by atoms with Gasteiger partial charge in [-0.05, 0) is 38.8 Å². The lowest BCUT2D eigenvalue weighted by molar-refractivity contribution is -0.120. The first-order chi connectivity index (χ1) is 8.47. The van der Waals surface area contributed by atoms with Crippen LogP contribution in [0, 0.1) is 0 Å². The van der Waals surface area contributed by atoms with E-state index in [0.29, 0.717) is 13.0 Å². The highest BCUT2D eigenvalue weighted by Gasteiger charge is 2.26. The van der Waals surface area contributed by atoms with Crippen LogP contribution >= 0.6 is 0 Å². The molecule has 1 aromatic carbocycles. The molecule has 1 atom stereocenters. The summed E-state index contributed by atoms with van der Waals surface area (Å²) in [6.07, 6.45) is 1.45. The van der Waals surface area contributed by atoms with Gasteiger partial charge in [0.15, 0.2) is 0 Å². The molecule has 4 nitrogen and oxygen atoms in total. The van der Waals surface area contributed by atoms with Gasteiger partial charge >= 0.3 is 0 Å². The number of rotatable bonds is 7. The molecule has 5 N–H and O–H groups in total. The van der Waals surface area contributed by atoms with Crippen LogP contribution in [0.2, 0.25) is 0 Å². The van der Waals surface area contributed by atoms with E-state index in [1.807, 2.05) is 44.2 Å². The van der Waals surface area contributed by atoms with Gasteiger partial charge in [-0.3, -0.25) is 10.1 Å². The number of hydrogen-bond acceptors (Lipinski definition) is 3. The SMILES string of the molecule is CC(C)(NC(CCCN)C(N)=O)c1ccccc1. The first-order valence-corrected chi connectivity index (χ1v) is 6.30. The Morgan fingerprint density at radius 2 is 1.94 bits per heavy atom. The third kappa shape index (κ3) is 4.13. The zero-order chi connectivity index (χ0) is 13.6. The summed E-state index contributed by atoms with van der Waals surface area (Å²) >= 11 is 0. The highest BCUT2D eigenvalue weighted by Crippen LogP contribution is 2.20. The molecule has 1 aromatic rings. The maximum absolute atomic E-state index is 11.4. The molecule has 1 amide bonds. The molecule has 4 heteroatoms. The van der Waals surface area contributed by atoms with Crippen LogP contribution in [0.3, 0.4) is 0 Å². The van der Waals surface area contributed by atoms with E-state index in [0.717, 1.165) is 12.0 Å². The van der Waals surface area contributed by atoms with Crippen LogP contribution in [0.4, 0.5) is 0 Å². The molecule has 0 aromatic heterocycles. The maximum atomic E-state index is 11.4. The Morgan fingerprint density at radius 3 is 2.44 bits per heavy atom. The zero-order valence-electron chi connectivity index (χ0n) is 11.1. The third-order valence-electron chi connectivity index (χ3n) is 3.07. The van der Waals surface area contributed by atoms with Gasteiger partial charge in [-0.25, -0.2) is 0 Å². The fourth-order valence-corrected chi connectivity index (χ4v) is 1.98. The first-order valence-electron chi connectivity index (χ1n) is 6.30. The van der Waals surface area contributed by atoms with Gasteiger partial charge in [0.05, 0.1) is 6.04 Å². The molecule has 0 radical (unpaired) electrons. The molecule has 0 aliphatic rings. The van der Waals surface area contributed by atoms with Gasteiger partial charge in [0.25, 0.3) is 0 Å². The summed E-state index contributed by atoms with van der Waals surface area (Å²) in [5.74, 6) is -0.326. The van der Waals surface area contributed by atoms with E-state index >= 15 is 0 Å². The predicted molar refractivity (Wildman–Crippen MR) is 73.9 cm³/mol. The number of amides is 1. The minimum atomic E-state index is -0.344. The van der Waals surface area contributed by atoms with E-state index in [1.54, 1.807) is 0 Å². The molecule has 100 valence electrons. The van der Waals surface area contributed by atoms with Gasteiger partial charge in [-0.15, -0.1) is 0 Å². The van der Waals surface area contributed by atoms with Gasteiger partial charge < -0.3 is 11.5 Å². The summed E-state index contributed by atoms with van der Waals surface area (Å²) in [4.78, 5) is 11.4. The number of nitrogens with one attached hydrogen (secondary N) is 1. The summed E-state index contributed by atoms with van der Waals surface area (Å²) < 4.78 is 0. The van der Waals surface area contributed by atoms with Crippen LogP contribution in [0.1, 0.15) is 32.3 Å². The average Bonchev–Trinajstić information content (AvgIpc) is 2.35. The molecule has 1 unspecified atom stereocenters. The van der Waals surface area contributed by atoms with E-state index in [-0.39, 0.29) is 17.5 Å². The molecular weight excluding hydrogens is 226 g/mol. The van der Waals surface area contributed by atoms with Gasteiger partial charge in [0, 0.05) is 5.54 Å². The van der Waals surface area contributed by atoms with Crippen molar-refractivity contribution < 1.29 is 4.79 Å². The molecule has 0 aliphatic heterocycles. The zero-order valence-corrected chi connectivity index (χ0v) is 11.1. The molecule has 18 heavy (non-hydrogen) atoms. The summed E-state index contributed by atoms with van der Waals surface area (Å²) in [5.41, 5.74) is 11.7. The van der Waals surface area contributed by atoms with Crippen LogP contribution in [-0.4, -0.2) is 18.5 Å². The molecule has 0 spiro atoms. The van der Waals surface area contributed by atoms with Crippen LogP contribution in [-0.2, 0) is 10.3 Å². The molecule has 0 saturated heterocycles. The van der Waals surface area contributed by atoms with Gasteiger partial charge in [-0.1, -0.05) is 30.3 Å². The second kappa shape index (κ2) is 6.52. The number of nitrogens with two attached hydrogens (primary N) is 2. The molecule has 0 aliphatic carbocycles. The van der Waals surface area contributed by atoms with Crippen molar-refractivity contribution in [3.8, 4) is 0 Å². The quantitative estimate of drug-likeness (QED) is 0.677. The van der Waals surface area contributed by atoms with Crippen molar-refractivity contribution >= 4 is 5.91 Å². The van der Waals surface area contributed by atoms with Crippen molar-refractivity contribution in [1.29, 1.82) is 0 Å². The van der Waals surface area contributed by atoms with Crippen molar-refractivity contribution in [2.24, 2.45) is 11.5 Å². The molecular formula is C14H23N3O. The number of carbonyl (C=O) groups excluding carboxylic acids is 1. The molecule has 0 saturated carbocycles.